The Balaban J connectivity index is 1.35. The number of carbonyl (C=O) groups excluding carboxylic acids is 1. The van der Waals surface area contributed by atoms with E-state index in [9.17, 15) is 4.79 Å². The van der Waals surface area contributed by atoms with Gasteiger partial charge in [-0.05, 0) is 66.0 Å². The number of carbonyl (C=O) groups is 1. The summed E-state index contributed by atoms with van der Waals surface area (Å²) in [6, 6.07) is 20.7. The highest BCUT2D eigenvalue weighted by Gasteiger charge is 2.24. The van der Waals surface area contributed by atoms with Crippen LogP contribution in [0.15, 0.2) is 85.5 Å². The maximum Gasteiger partial charge on any atom is 0.308 e. The number of pyridine rings is 1. The van der Waals surface area contributed by atoms with Crippen LogP contribution in [0, 0.1) is 0 Å². The Morgan fingerprint density at radius 3 is 2.68 bits per heavy atom. The van der Waals surface area contributed by atoms with Crippen molar-refractivity contribution in [3.05, 3.63) is 113 Å². The molecule has 0 saturated heterocycles. The molecule has 2 aromatic carbocycles. The second-order valence-corrected chi connectivity index (χ2v) is 8.96. The van der Waals surface area contributed by atoms with E-state index in [1.165, 1.54) is 29.2 Å². The smallest absolute Gasteiger partial charge is 0.308 e. The number of fused-ring (bicyclic) bond motifs is 1. The number of rotatable bonds is 7. The van der Waals surface area contributed by atoms with Gasteiger partial charge in [0.1, 0.15) is 5.75 Å². The highest BCUT2D eigenvalue weighted by molar-refractivity contribution is 5.70. The summed E-state index contributed by atoms with van der Waals surface area (Å²) in [6.45, 7) is 2.31. The van der Waals surface area contributed by atoms with Crippen molar-refractivity contribution in [2.45, 2.75) is 51.0 Å². The summed E-state index contributed by atoms with van der Waals surface area (Å²) >= 11 is 0. The molecule has 1 aliphatic carbocycles. The predicted molar refractivity (Wildman–Crippen MR) is 132 cm³/mol. The first-order chi connectivity index (χ1) is 16.7. The summed E-state index contributed by atoms with van der Waals surface area (Å²) in [7, 11) is 0. The summed E-state index contributed by atoms with van der Waals surface area (Å²) < 4.78 is 7.54. The lowest BCUT2D eigenvalue weighted by atomic mass is 9.80. The van der Waals surface area contributed by atoms with Crippen molar-refractivity contribution < 1.29 is 9.53 Å². The van der Waals surface area contributed by atoms with Gasteiger partial charge < -0.3 is 4.74 Å². The van der Waals surface area contributed by atoms with Crippen LogP contribution >= 0.6 is 0 Å². The Morgan fingerprint density at radius 1 is 1.03 bits per heavy atom. The van der Waals surface area contributed by atoms with Gasteiger partial charge in [0.2, 0.25) is 0 Å². The highest BCUT2D eigenvalue weighted by atomic mass is 16.5. The Kier molecular flexibility index (Phi) is 6.52. The normalized spacial score (nSPS) is 16.0. The van der Waals surface area contributed by atoms with Crippen LogP contribution in [-0.2, 0) is 17.8 Å². The van der Waals surface area contributed by atoms with Crippen LogP contribution in [0.2, 0.25) is 0 Å². The van der Waals surface area contributed by atoms with E-state index in [4.69, 9.17) is 9.84 Å². The van der Waals surface area contributed by atoms with E-state index in [2.05, 4.69) is 52.3 Å². The van der Waals surface area contributed by atoms with Crippen LogP contribution in [0.3, 0.4) is 0 Å². The topological polar surface area (TPSA) is 57.0 Å². The molecule has 1 aliphatic rings. The molecule has 4 aromatic rings. The summed E-state index contributed by atoms with van der Waals surface area (Å²) in [4.78, 5) is 15.9. The fourth-order valence-corrected chi connectivity index (χ4v) is 5.17. The first kappa shape index (κ1) is 22.1. The van der Waals surface area contributed by atoms with Gasteiger partial charge >= 0.3 is 5.97 Å². The average molecular weight is 452 g/mol. The lowest BCUT2D eigenvalue weighted by Crippen LogP contribution is -2.15. The summed E-state index contributed by atoms with van der Waals surface area (Å²) in [5.41, 5.74) is 6.06. The molecule has 0 aliphatic heterocycles. The molecule has 2 unspecified atom stereocenters. The van der Waals surface area contributed by atoms with Gasteiger partial charge in [0.25, 0.3) is 0 Å². The van der Waals surface area contributed by atoms with E-state index >= 15 is 0 Å². The second-order valence-electron chi connectivity index (χ2n) is 8.96. The molecule has 2 aromatic heterocycles. The molecular weight excluding hydrogens is 422 g/mol. The Hall–Kier alpha value is -3.73. The molecule has 5 rings (SSSR count). The third-order valence-corrected chi connectivity index (χ3v) is 6.69. The molecule has 2 atom stereocenters. The molecule has 0 N–H and O–H groups in total. The van der Waals surface area contributed by atoms with E-state index in [1.807, 2.05) is 42.9 Å². The number of nitrogens with zero attached hydrogens (tertiary/aromatic N) is 3. The van der Waals surface area contributed by atoms with Gasteiger partial charge in [-0.15, -0.1) is 0 Å². The number of aryl methyl sites for hydroxylation is 1. The standard InChI is InChI=1S/C29H29N3O2/c1-21(33)34-28-14-6-12-26-22(10-5-13-27(26)28)15-17-32-20-25(19-31-32)29(23-8-3-2-4-9-23)24-11-7-16-30-18-24/h2-4,6-9,11-12,14,16,18-20,22,29H,5,10,13,15,17H2,1H3. The zero-order valence-electron chi connectivity index (χ0n) is 19.4. The molecule has 0 saturated carbocycles. The first-order valence-electron chi connectivity index (χ1n) is 12.0. The molecule has 0 spiro atoms. The minimum absolute atomic E-state index is 0.102. The Morgan fingerprint density at radius 2 is 1.88 bits per heavy atom. The third kappa shape index (κ3) is 4.79. The maximum atomic E-state index is 11.5. The van der Waals surface area contributed by atoms with Crippen molar-refractivity contribution >= 4 is 5.97 Å². The van der Waals surface area contributed by atoms with Gasteiger partial charge in [0.05, 0.1) is 6.20 Å². The fourth-order valence-electron chi connectivity index (χ4n) is 5.17. The molecule has 34 heavy (non-hydrogen) atoms. The monoisotopic (exact) mass is 451 g/mol. The summed E-state index contributed by atoms with van der Waals surface area (Å²) in [5, 5.41) is 4.71. The molecule has 5 heteroatoms. The first-order valence-corrected chi connectivity index (χ1v) is 12.0. The number of hydrogen-bond acceptors (Lipinski definition) is 4. The maximum absolute atomic E-state index is 11.5. The molecular formula is C29H29N3O2. The van der Waals surface area contributed by atoms with Crippen molar-refractivity contribution in [2.24, 2.45) is 0 Å². The zero-order valence-corrected chi connectivity index (χ0v) is 19.4. The highest BCUT2D eigenvalue weighted by Crippen LogP contribution is 2.39. The third-order valence-electron chi connectivity index (χ3n) is 6.69. The van der Waals surface area contributed by atoms with Gasteiger partial charge in [-0.1, -0.05) is 48.5 Å². The van der Waals surface area contributed by atoms with Gasteiger partial charge in [-0.3, -0.25) is 14.5 Å². The average Bonchev–Trinajstić information content (AvgIpc) is 3.32. The fraction of sp³-hybridized carbons (Fsp3) is 0.276. The van der Waals surface area contributed by atoms with E-state index < -0.39 is 0 Å². The molecule has 0 radical (unpaired) electrons. The van der Waals surface area contributed by atoms with Crippen LogP contribution in [0.1, 0.15) is 65.8 Å². The lowest BCUT2D eigenvalue weighted by molar-refractivity contribution is -0.131. The number of ether oxygens (including phenoxy) is 1. The van der Waals surface area contributed by atoms with Crippen LogP contribution in [-0.4, -0.2) is 20.7 Å². The number of aromatic nitrogens is 3. The van der Waals surface area contributed by atoms with Gasteiger partial charge in [-0.2, -0.15) is 5.10 Å². The summed E-state index contributed by atoms with van der Waals surface area (Å²) in [5.74, 6) is 1.000. The Labute approximate surface area is 200 Å². The quantitative estimate of drug-likeness (QED) is 0.260. The largest absolute Gasteiger partial charge is 0.426 e. The van der Waals surface area contributed by atoms with Crippen LogP contribution in [0.4, 0.5) is 0 Å². The van der Waals surface area contributed by atoms with E-state index in [0.29, 0.717) is 5.92 Å². The van der Waals surface area contributed by atoms with E-state index in [1.54, 1.807) is 0 Å². The molecule has 0 amide bonds. The minimum atomic E-state index is -0.263. The molecule has 5 nitrogen and oxygen atoms in total. The molecule has 0 fully saturated rings. The van der Waals surface area contributed by atoms with E-state index in [0.717, 1.165) is 43.5 Å². The summed E-state index contributed by atoms with van der Waals surface area (Å²) in [6.07, 6.45) is 12.1. The van der Waals surface area contributed by atoms with Crippen molar-refractivity contribution in [3.63, 3.8) is 0 Å². The zero-order chi connectivity index (χ0) is 23.3. The lowest BCUT2D eigenvalue weighted by Gasteiger charge is -2.27. The number of hydrogen-bond donors (Lipinski definition) is 0. The van der Waals surface area contributed by atoms with Crippen molar-refractivity contribution in [3.8, 4) is 5.75 Å². The van der Waals surface area contributed by atoms with Crippen molar-refractivity contribution in [1.29, 1.82) is 0 Å². The van der Waals surface area contributed by atoms with Gasteiger partial charge in [0, 0.05) is 43.5 Å². The number of benzene rings is 2. The van der Waals surface area contributed by atoms with Crippen molar-refractivity contribution in [2.75, 3.05) is 0 Å². The second kappa shape index (κ2) is 10.0. The molecule has 172 valence electrons. The number of esters is 1. The molecule has 0 bridgehead atoms. The van der Waals surface area contributed by atoms with Crippen LogP contribution in [0.5, 0.6) is 5.75 Å². The van der Waals surface area contributed by atoms with Crippen LogP contribution < -0.4 is 4.74 Å². The molecule has 2 heterocycles. The van der Waals surface area contributed by atoms with E-state index in [-0.39, 0.29) is 11.9 Å². The van der Waals surface area contributed by atoms with Gasteiger partial charge in [0.15, 0.2) is 0 Å². The van der Waals surface area contributed by atoms with Crippen molar-refractivity contribution in [1.82, 2.24) is 14.8 Å². The predicted octanol–water partition coefficient (Wildman–Crippen LogP) is 5.89. The Bertz CT molecular complexity index is 1210. The van der Waals surface area contributed by atoms with Gasteiger partial charge in [-0.25, -0.2) is 0 Å². The SMILES string of the molecule is CC(=O)Oc1cccc2c1CCCC2CCn1cc(C(c2ccccc2)c2cccnc2)cn1. The van der Waals surface area contributed by atoms with Crippen LogP contribution in [0.25, 0.3) is 0 Å². The minimum Gasteiger partial charge on any atom is -0.426 e.